The third-order valence-electron chi connectivity index (χ3n) is 2.57. The van der Waals surface area contributed by atoms with Crippen LogP contribution < -0.4 is 16.4 Å². The van der Waals surface area contributed by atoms with Crippen LogP contribution in [0.15, 0.2) is 12.1 Å². The largest absolute Gasteiger partial charge is 0.465 e. The molecule has 0 aliphatic carbocycles. The van der Waals surface area contributed by atoms with E-state index in [1.165, 1.54) is 19.2 Å². The molecule has 0 aliphatic heterocycles. The number of nitrogen functional groups attached to an aromatic ring is 1. The highest BCUT2D eigenvalue weighted by Crippen LogP contribution is 2.29. The van der Waals surface area contributed by atoms with Gasteiger partial charge in [0.15, 0.2) is 0 Å². The van der Waals surface area contributed by atoms with Crippen molar-refractivity contribution in [2.24, 2.45) is 0 Å². The fourth-order valence-corrected chi connectivity index (χ4v) is 1.90. The number of halogens is 1. The molecular formula is C13H18ClN3O4. The molecule has 1 aromatic carbocycles. The number of methoxy groups -OCH3 is 2. The van der Waals surface area contributed by atoms with Crippen LogP contribution in [0.5, 0.6) is 0 Å². The van der Waals surface area contributed by atoms with Gasteiger partial charge in [0.25, 0.3) is 0 Å². The van der Waals surface area contributed by atoms with Gasteiger partial charge in [-0.05, 0) is 12.1 Å². The summed E-state index contributed by atoms with van der Waals surface area (Å²) < 4.78 is 9.48. The van der Waals surface area contributed by atoms with Gasteiger partial charge in [-0.3, -0.25) is 4.79 Å². The molecule has 0 heterocycles. The molecular weight excluding hydrogens is 298 g/mol. The Labute approximate surface area is 127 Å². The van der Waals surface area contributed by atoms with Crippen molar-refractivity contribution < 1.29 is 19.1 Å². The van der Waals surface area contributed by atoms with E-state index in [2.05, 4.69) is 15.4 Å². The van der Waals surface area contributed by atoms with E-state index in [1.54, 1.807) is 7.11 Å². The van der Waals surface area contributed by atoms with Crippen LogP contribution in [0.25, 0.3) is 0 Å². The first-order chi connectivity index (χ1) is 9.99. The summed E-state index contributed by atoms with van der Waals surface area (Å²) in [5.74, 6) is -0.845. The number of ether oxygens (including phenoxy) is 2. The minimum atomic E-state index is -0.591. The van der Waals surface area contributed by atoms with Crippen molar-refractivity contribution in [3.63, 3.8) is 0 Å². The number of anilines is 2. The molecule has 1 rings (SSSR count). The summed E-state index contributed by atoms with van der Waals surface area (Å²) in [7, 11) is 2.79. The van der Waals surface area contributed by atoms with Crippen molar-refractivity contribution in [1.29, 1.82) is 0 Å². The number of carbonyl (C=O) groups is 2. The van der Waals surface area contributed by atoms with E-state index in [4.69, 9.17) is 22.1 Å². The molecule has 0 aromatic heterocycles. The van der Waals surface area contributed by atoms with Crippen molar-refractivity contribution >= 4 is 34.9 Å². The number of hydrogen-bond donors (Lipinski definition) is 3. The number of amides is 1. The molecule has 4 N–H and O–H groups in total. The molecule has 0 radical (unpaired) electrons. The predicted molar refractivity (Wildman–Crippen MR) is 80.6 cm³/mol. The zero-order valence-electron chi connectivity index (χ0n) is 11.9. The summed E-state index contributed by atoms with van der Waals surface area (Å²) in [5.41, 5.74) is 6.45. The molecule has 0 aliphatic rings. The second-order valence-electron chi connectivity index (χ2n) is 4.11. The van der Waals surface area contributed by atoms with Crippen LogP contribution in [0.3, 0.4) is 0 Å². The molecule has 8 heteroatoms. The Bertz CT molecular complexity index is 522. The van der Waals surface area contributed by atoms with Crippen molar-refractivity contribution in [3.05, 3.63) is 22.7 Å². The van der Waals surface area contributed by atoms with E-state index in [0.29, 0.717) is 24.5 Å². The maximum absolute atomic E-state index is 11.7. The maximum atomic E-state index is 11.7. The SMILES string of the molecule is COCCNC(=O)CNc1c(Cl)cc(N)cc1C(=O)OC. The fourth-order valence-electron chi connectivity index (χ4n) is 1.60. The molecule has 0 bridgehead atoms. The lowest BCUT2D eigenvalue weighted by molar-refractivity contribution is -0.119. The molecule has 1 amide bonds. The van der Waals surface area contributed by atoms with Crippen molar-refractivity contribution in [2.75, 3.05) is 45.0 Å². The van der Waals surface area contributed by atoms with Crippen LogP contribution in [0.2, 0.25) is 5.02 Å². The first-order valence-electron chi connectivity index (χ1n) is 6.16. The zero-order valence-corrected chi connectivity index (χ0v) is 12.6. The topological polar surface area (TPSA) is 103 Å². The third kappa shape index (κ3) is 5.13. The highest BCUT2D eigenvalue weighted by atomic mass is 35.5. The van der Waals surface area contributed by atoms with Crippen molar-refractivity contribution in [2.45, 2.75) is 0 Å². The monoisotopic (exact) mass is 315 g/mol. The number of hydrogen-bond acceptors (Lipinski definition) is 6. The predicted octanol–water partition coefficient (Wildman–Crippen LogP) is 0.883. The summed E-state index contributed by atoms with van der Waals surface area (Å²) in [6.07, 6.45) is 0. The van der Waals surface area contributed by atoms with Crippen molar-refractivity contribution in [3.8, 4) is 0 Å². The standard InChI is InChI=1S/C13H18ClN3O4/c1-20-4-3-16-11(18)7-17-12-9(13(19)21-2)5-8(15)6-10(12)14/h5-6,17H,3-4,7,15H2,1-2H3,(H,16,18). The number of nitrogens with two attached hydrogens (primary N) is 1. The molecule has 0 fully saturated rings. The molecule has 1 aromatic rings. The van der Waals surface area contributed by atoms with Gasteiger partial charge in [0, 0.05) is 19.3 Å². The molecule has 0 spiro atoms. The first-order valence-corrected chi connectivity index (χ1v) is 6.54. The first kappa shape index (κ1) is 17.1. The minimum Gasteiger partial charge on any atom is -0.465 e. The van der Waals surface area contributed by atoms with E-state index in [0.717, 1.165) is 0 Å². The van der Waals surface area contributed by atoms with E-state index < -0.39 is 5.97 Å². The molecule has 0 saturated carbocycles. The molecule has 21 heavy (non-hydrogen) atoms. The normalized spacial score (nSPS) is 10.0. The van der Waals surface area contributed by atoms with E-state index in [9.17, 15) is 9.59 Å². The van der Waals surface area contributed by atoms with Gasteiger partial charge in [0.1, 0.15) is 0 Å². The van der Waals surface area contributed by atoms with Crippen LogP contribution >= 0.6 is 11.6 Å². The number of nitrogens with one attached hydrogen (secondary N) is 2. The highest BCUT2D eigenvalue weighted by molar-refractivity contribution is 6.34. The van der Waals surface area contributed by atoms with Gasteiger partial charge >= 0.3 is 5.97 Å². The van der Waals surface area contributed by atoms with Gasteiger partial charge in [-0.2, -0.15) is 0 Å². The third-order valence-corrected chi connectivity index (χ3v) is 2.87. The average Bonchev–Trinajstić information content (AvgIpc) is 2.45. The Morgan fingerprint density at radius 1 is 1.33 bits per heavy atom. The average molecular weight is 316 g/mol. The summed E-state index contributed by atoms with van der Waals surface area (Å²) >= 11 is 6.04. The number of rotatable bonds is 7. The second-order valence-corrected chi connectivity index (χ2v) is 4.52. The van der Waals surface area contributed by atoms with Gasteiger partial charge < -0.3 is 25.8 Å². The molecule has 0 saturated heterocycles. The van der Waals surface area contributed by atoms with E-state index in [-0.39, 0.29) is 23.0 Å². The Morgan fingerprint density at radius 2 is 2.05 bits per heavy atom. The molecule has 7 nitrogen and oxygen atoms in total. The van der Waals surface area contributed by atoms with Crippen molar-refractivity contribution in [1.82, 2.24) is 5.32 Å². The van der Waals surface area contributed by atoms with Gasteiger partial charge in [0.2, 0.25) is 5.91 Å². The highest BCUT2D eigenvalue weighted by Gasteiger charge is 2.16. The molecule has 116 valence electrons. The van der Waals surface area contributed by atoms with Gasteiger partial charge in [-0.1, -0.05) is 11.6 Å². The van der Waals surface area contributed by atoms with Crippen LogP contribution in [0.1, 0.15) is 10.4 Å². The Hall–Kier alpha value is -1.99. The summed E-state index contributed by atoms with van der Waals surface area (Å²) in [4.78, 5) is 23.3. The smallest absolute Gasteiger partial charge is 0.340 e. The summed E-state index contributed by atoms with van der Waals surface area (Å²) in [5, 5.41) is 5.68. The number of carbonyl (C=O) groups excluding carboxylic acids is 2. The lowest BCUT2D eigenvalue weighted by Gasteiger charge is -2.13. The number of esters is 1. The van der Waals surface area contributed by atoms with Gasteiger partial charge in [0.05, 0.1) is 36.5 Å². The summed E-state index contributed by atoms with van der Waals surface area (Å²) in [6, 6.07) is 2.92. The van der Waals surface area contributed by atoms with Gasteiger partial charge in [-0.15, -0.1) is 0 Å². The Morgan fingerprint density at radius 3 is 2.67 bits per heavy atom. The minimum absolute atomic E-state index is 0.0443. The fraction of sp³-hybridized carbons (Fsp3) is 0.385. The Kier molecular flexibility index (Phi) is 6.77. The van der Waals surface area contributed by atoms with E-state index >= 15 is 0 Å². The quantitative estimate of drug-likeness (QED) is 0.392. The Balaban J connectivity index is 2.78. The second kappa shape index (κ2) is 8.33. The maximum Gasteiger partial charge on any atom is 0.340 e. The summed E-state index contributed by atoms with van der Waals surface area (Å²) in [6.45, 7) is 0.773. The van der Waals surface area contributed by atoms with E-state index in [1.807, 2.05) is 0 Å². The van der Waals surface area contributed by atoms with Crippen LogP contribution in [0, 0.1) is 0 Å². The van der Waals surface area contributed by atoms with Crippen LogP contribution in [-0.2, 0) is 14.3 Å². The van der Waals surface area contributed by atoms with Gasteiger partial charge in [-0.25, -0.2) is 4.79 Å². The van der Waals surface area contributed by atoms with Crippen LogP contribution in [-0.4, -0.2) is 45.8 Å². The molecule has 0 unspecified atom stereocenters. The van der Waals surface area contributed by atoms with Crippen LogP contribution in [0.4, 0.5) is 11.4 Å². The lowest BCUT2D eigenvalue weighted by atomic mass is 10.1. The molecule has 0 atom stereocenters. The zero-order chi connectivity index (χ0) is 15.8. The lowest BCUT2D eigenvalue weighted by Crippen LogP contribution is -2.32. The number of benzene rings is 1.